The highest BCUT2D eigenvalue weighted by molar-refractivity contribution is 5.52. The van der Waals surface area contributed by atoms with Gasteiger partial charge in [0.25, 0.3) is 0 Å². The summed E-state index contributed by atoms with van der Waals surface area (Å²) in [6.07, 6.45) is -0.839. The lowest BCUT2D eigenvalue weighted by Crippen LogP contribution is -2.15. The Morgan fingerprint density at radius 1 is 1.26 bits per heavy atom. The van der Waals surface area contributed by atoms with E-state index in [2.05, 4.69) is 16.4 Å². The Balaban J connectivity index is 2.18. The molecule has 2 rings (SSSR count). The molecule has 1 aromatic carbocycles. The van der Waals surface area contributed by atoms with E-state index in [1.165, 1.54) is 0 Å². The summed E-state index contributed by atoms with van der Waals surface area (Å²) in [5.74, 6) is 1.65. The first-order valence-electron chi connectivity index (χ1n) is 7.10. The number of aliphatic hydroxyl groups is 1. The summed E-state index contributed by atoms with van der Waals surface area (Å²) < 4.78 is 10.4. The number of methoxy groups -OCH3 is 2. The fourth-order valence-electron chi connectivity index (χ4n) is 2.18. The first-order valence-corrected chi connectivity index (χ1v) is 7.10. The Kier molecular flexibility index (Phi) is 5.39. The van der Waals surface area contributed by atoms with Gasteiger partial charge in [-0.05, 0) is 37.3 Å². The second-order valence-corrected chi connectivity index (χ2v) is 4.97. The number of aryl methyl sites for hydroxylation is 1. The second kappa shape index (κ2) is 7.47. The van der Waals surface area contributed by atoms with Crippen LogP contribution in [0.25, 0.3) is 0 Å². The number of ether oxygens (including phenoxy) is 2. The van der Waals surface area contributed by atoms with Crippen LogP contribution in [-0.4, -0.2) is 30.9 Å². The molecule has 6 nitrogen and oxygen atoms in total. The lowest BCUT2D eigenvalue weighted by molar-refractivity contribution is 0.186. The average molecular weight is 313 g/mol. The standard InChI is InChI=1S/C17H19N3O3/c1-11-4-5-12(9-18)17(20-11)19-10-15(21)14-8-13(22-2)6-7-16(14)23-3/h4-8,15,21H,10H2,1-3H3,(H,19,20)/t15-/m1/s1. The van der Waals surface area contributed by atoms with Crippen LogP contribution in [0.4, 0.5) is 5.82 Å². The van der Waals surface area contributed by atoms with Crippen LogP contribution in [0, 0.1) is 18.3 Å². The quantitative estimate of drug-likeness (QED) is 0.851. The number of nitriles is 1. The van der Waals surface area contributed by atoms with Gasteiger partial charge >= 0.3 is 0 Å². The van der Waals surface area contributed by atoms with E-state index in [9.17, 15) is 5.11 Å². The summed E-state index contributed by atoms with van der Waals surface area (Å²) in [6, 6.07) is 10.8. The van der Waals surface area contributed by atoms with Crippen LogP contribution in [-0.2, 0) is 0 Å². The summed E-state index contributed by atoms with van der Waals surface area (Å²) in [5, 5.41) is 22.6. The Hall–Kier alpha value is -2.78. The van der Waals surface area contributed by atoms with Gasteiger partial charge in [-0.1, -0.05) is 0 Å². The van der Waals surface area contributed by atoms with Crippen molar-refractivity contribution in [2.24, 2.45) is 0 Å². The lowest BCUT2D eigenvalue weighted by atomic mass is 10.1. The fraction of sp³-hybridized carbons (Fsp3) is 0.294. The monoisotopic (exact) mass is 313 g/mol. The number of nitrogens with zero attached hydrogens (tertiary/aromatic N) is 2. The van der Waals surface area contributed by atoms with Gasteiger partial charge in [-0.25, -0.2) is 4.98 Å². The summed E-state index contributed by atoms with van der Waals surface area (Å²) >= 11 is 0. The molecule has 1 heterocycles. The van der Waals surface area contributed by atoms with Crippen LogP contribution in [0.15, 0.2) is 30.3 Å². The van der Waals surface area contributed by atoms with Crippen LogP contribution in [0.5, 0.6) is 11.5 Å². The van der Waals surface area contributed by atoms with E-state index in [0.29, 0.717) is 28.4 Å². The molecule has 0 radical (unpaired) electrons. The van der Waals surface area contributed by atoms with Crippen molar-refractivity contribution in [1.82, 2.24) is 4.98 Å². The predicted octanol–water partition coefficient (Wildman–Crippen LogP) is 2.42. The van der Waals surface area contributed by atoms with Crippen molar-refractivity contribution in [3.63, 3.8) is 0 Å². The molecule has 23 heavy (non-hydrogen) atoms. The van der Waals surface area contributed by atoms with Crippen molar-refractivity contribution in [3.8, 4) is 17.6 Å². The topological polar surface area (TPSA) is 87.4 Å². The molecule has 0 bridgehead atoms. The molecular formula is C17H19N3O3. The molecule has 1 atom stereocenters. The zero-order valence-corrected chi connectivity index (χ0v) is 13.3. The summed E-state index contributed by atoms with van der Waals surface area (Å²) in [7, 11) is 3.10. The van der Waals surface area contributed by atoms with Crippen molar-refractivity contribution in [2.45, 2.75) is 13.0 Å². The highest BCUT2D eigenvalue weighted by Gasteiger charge is 2.15. The number of pyridine rings is 1. The number of benzene rings is 1. The van der Waals surface area contributed by atoms with E-state index < -0.39 is 6.10 Å². The van der Waals surface area contributed by atoms with E-state index in [1.807, 2.05) is 6.92 Å². The maximum absolute atomic E-state index is 10.4. The molecule has 0 aliphatic heterocycles. The van der Waals surface area contributed by atoms with Crippen LogP contribution in [0.2, 0.25) is 0 Å². The number of hydrogen-bond acceptors (Lipinski definition) is 6. The van der Waals surface area contributed by atoms with Crippen molar-refractivity contribution < 1.29 is 14.6 Å². The molecule has 0 saturated heterocycles. The predicted molar refractivity (Wildman–Crippen MR) is 86.7 cm³/mol. The van der Waals surface area contributed by atoms with Crippen molar-refractivity contribution in [2.75, 3.05) is 26.1 Å². The van der Waals surface area contributed by atoms with Crippen LogP contribution >= 0.6 is 0 Å². The molecule has 0 aliphatic carbocycles. The third-order valence-electron chi connectivity index (χ3n) is 3.41. The molecule has 0 fully saturated rings. The van der Waals surface area contributed by atoms with Gasteiger partial charge in [0.05, 0.1) is 25.9 Å². The minimum atomic E-state index is -0.839. The average Bonchev–Trinajstić information content (AvgIpc) is 2.59. The number of hydrogen-bond donors (Lipinski definition) is 2. The molecule has 0 amide bonds. The Labute approximate surface area is 135 Å². The zero-order valence-electron chi connectivity index (χ0n) is 13.3. The van der Waals surface area contributed by atoms with Gasteiger partial charge in [-0.2, -0.15) is 5.26 Å². The molecule has 0 spiro atoms. The summed E-state index contributed by atoms with van der Waals surface area (Å²) in [5.41, 5.74) is 1.82. The third-order valence-corrected chi connectivity index (χ3v) is 3.41. The van der Waals surface area contributed by atoms with Gasteiger partial charge in [0, 0.05) is 17.8 Å². The van der Waals surface area contributed by atoms with Gasteiger partial charge in [0.2, 0.25) is 0 Å². The number of aromatic nitrogens is 1. The van der Waals surface area contributed by atoms with E-state index in [0.717, 1.165) is 5.69 Å². The first kappa shape index (κ1) is 16.6. The highest BCUT2D eigenvalue weighted by atomic mass is 16.5. The smallest absolute Gasteiger partial charge is 0.144 e. The molecule has 120 valence electrons. The zero-order chi connectivity index (χ0) is 16.8. The molecule has 2 N–H and O–H groups in total. The van der Waals surface area contributed by atoms with E-state index in [4.69, 9.17) is 14.7 Å². The second-order valence-electron chi connectivity index (χ2n) is 4.97. The van der Waals surface area contributed by atoms with Crippen LogP contribution in [0.3, 0.4) is 0 Å². The number of aliphatic hydroxyl groups excluding tert-OH is 1. The minimum absolute atomic E-state index is 0.189. The number of rotatable bonds is 6. The SMILES string of the molecule is COc1ccc(OC)c([C@H](O)CNc2nc(C)ccc2C#N)c1. The maximum atomic E-state index is 10.4. The Morgan fingerprint density at radius 3 is 2.70 bits per heavy atom. The van der Waals surface area contributed by atoms with E-state index in [1.54, 1.807) is 44.6 Å². The third kappa shape index (κ3) is 3.90. The van der Waals surface area contributed by atoms with Gasteiger partial charge in [0.1, 0.15) is 23.4 Å². The van der Waals surface area contributed by atoms with Gasteiger partial charge in [-0.3, -0.25) is 0 Å². The van der Waals surface area contributed by atoms with Gasteiger partial charge in [0.15, 0.2) is 0 Å². The van der Waals surface area contributed by atoms with Gasteiger partial charge < -0.3 is 19.9 Å². The Bertz CT molecular complexity index is 726. The minimum Gasteiger partial charge on any atom is -0.497 e. The van der Waals surface area contributed by atoms with Crippen molar-refractivity contribution in [3.05, 3.63) is 47.2 Å². The maximum Gasteiger partial charge on any atom is 0.144 e. The molecule has 0 aliphatic rings. The molecule has 0 saturated carbocycles. The first-order chi connectivity index (χ1) is 11.1. The van der Waals surface area contributed by atoms with Crippen molar-refractivity contribution in [1.29, 1.82) is 5.26 Å². The lowest BCUT2D eigenvalue weighted by Gasteiger charge is -2.17. The molecule has 0 unspecified atom stereocenters. The normalized spacial score (nSPS) is 11.4. The fourth-order valence-corrected chi connectivity index (χ4v) is 2.18. The van der Waals surface area contributed by atoms with Gasteiger partial charge in [-0.15, -0.1) is 0 Å². The highest BCUT2D eigenvalue weighted by Crippen LogP contribution is 2.29. The number of anilines is 1. The largest absolute Gasteiger partial charge is 0.497 e. The molecular weight excluding hydrogens is 294 g/mol. The molecule has 6 heteroatoms. The van der Waals surface area contributed by atoms with E-state index >= 15 is 0 Å². The summed E-state index contributed by atoms with van der Waals surface area (Å²) in [4.78, 5) is 4.29. The van der Waals surface area contributed by atoms with Crippen molar-refractivity contribution >= 4 is 5.82 Å². The Morgan fingerprint density at radius 2 is 2.04 bits per heavy atom. The van der Waals surface area contributed by atoms with E-state index in [-0.39, 0.29) is 6.54 Å². The summed E-state index contributed by atoms with van der Waals surface area (Å²) in [6.45, 7) is 2.03. The number of nitrogens with one attached hydrogen (secondary N) is 1. The van der Waals surface area contributed by atoms with Crippen LogP contribution < -0.4 is 14.8 Å². The molecule has 1 aromatic heterocycles. The molecule has 2 aromatic rings. The van der Waals surface area contributed by atoms with Crippen LogP contribution in [0.1, 0.15) is 22.9 Å².